The first kappa shape index (κ1) is 20.6. The molecule has 0 aromatic heterocycles. The van der Waals surface area contributed by atoms with Gasteiger partial charge in [-0.25, -0.2) is 0 Å². The molecule has 0 radical (unpaired) electrons. The zero-order valence-electron chi connectivity index (χ0n) is 15.6. The fraction of sp³-hybridized carbons (Fsp3) is 0.300. The third kappa shape index (κ3) is 5.89. The smallest absolute Gasteiger partial charge is 0.255 e. The predicted octanol–water partition coefficient (Wildman–Crippen LogP) is 4.74. The molecule has 0 spiro atoms. The number of carbonyl (C=O) groups is 2. The molecule has 0 saturated carbocycles. The van der Waals surface area contributed by atoms with Crippen LogP contribution in [0.3, 0.4) is 0 Å². The molecular formula is C20H23ClN2O4. The summed E-state index contributed by atoms with van der Waals surface area (Å²) in [5, 5.41) is 5.76. The van der Waals surface area contributed by atoms with Crippen molar-refractivity contribution >= 4 is 34.8 Å². The minimum absolute atomic E-state index is 0.210. The number of anilines is 2. The number of hydrogen-bond donors (Lipinski definition) is 2. The molecule has 6 nitrogen and oxygen atoms in total. The van der Waals surface area contributed by atoms with Crippen molar-refractivity contribution in [3.8, 4) is 11.5 Å². The molecule has 2 rings (SSSR count). The quantitative estimate of drug-likeness (QED) is 0.638. The fourth-order valence-corrected chi connectivity index (χ4v) is 2.52. The second-order valence-electron chi connectivity index (χ2n) is 5.90. The summed E-state index contributed by atoms with van der Waals surface area (Å²) < 4.78 is 11.0. The minimum atomic E-state index is -0.352. The van der Waals surface area contributed by atoms with Gasteiger partial charge in [-0.2, -0.15) is 0 Å². The van der Waals surface area contributed by atoms with Gasteiger partial charge >= 0.3 is 0 Å². The van der Waals surface area contributed by atoms with Gasteiger partial charge in [0.1, 0.15) is 0 Å². The Morgan fingerprint density at radius 1 is 1.07 bits per heavy atom. The minimum Gasteiger partial charge on any atom is -0.493 e. The summed E-state index contributed by atoms with van der Waals surface area (Å²) in [6.07, 6.45) is 1.97. The summed E-state index contributed by atoms with van der Waals surface area (Å²) in [6.45, 7) is 4.08. The number of unbranched alkanes of at least 4 members (excludes halogenated alkanes) is 1. The molecule has 0 saturated heterocycles. The molecule has 7 heteroatoms. The molecule has 2 aromatic carbocycles. The summed E-state index contributed by atoms with van der Waals surface area (Å²) in [5.74, 6) is 0.512. The highest BCUT2D eigenvalue weighted by molar-refractivity contribution is 6.34. The van der Waals surface area contributed by atoms with Crippen LogP contribution in [-0.2, 0) is 4.79 Å². The highest BCUT2D eigenvalue weighted by Gasteiger charge is 2.13. The van der Waals surface area contributed by atoms with E-state index in [-0.39, 0.29) is 11.8 Å². The van der Waals surface area contributed by atoms with Gasteiger partial charge in [0.15, 0.2) is 11.5 Å². The summed E-state index contributed by atoms with van der Waals surface area (Å²) >= 11 is 6.15. The molecule has 0 atom stereocenters. The van der Waals surface area contributed by atoms with E-state index in [0.717, 1.165) is 12.8 Å². The van der Waals surface area contributed by atoms with Gasteiger partial charge in [0.05, 0.1) is 24.4 Å². The number of amides is 2. The summed E-state index contributed by atoms with van der Waals surface area (Å²) in [6, 6.07) is 9.84. The number of methoxy groups -OCH3 is 1. The standard InChI is InChI=1S/C20H23ClN2O4/c1-4-5-10-27-18-9-6-14(11-19(18)26-3)20(25)23-17-12-15(22-13(2)24)7-8-16(17)21/h6-9,11-12H,4-5,10H2,1-3H3,(H,22,24)(H,23,25). The predicted molar refractivity (Wildman–Crippen MR) is 107 cm³/mol. The highest BCUT2D eigenvalue weighted by atomic mass is 35.5. The lowest BCUT2D eigenvalue weighted by Crippen LogP contribution is -2.13. The number of ether oxygens (including phenoxy) is 2. The average Bonchev–Trinajstić information content (AvgIpc) is 2.64. The molecule has 0 aliphatic carbocycles. The molecule has 144 valence electrons. The van der Waals surface area contributed by atoms with E-state index < -0.39 is 0 Å². The zero-order valence-corrected chi connectivity index (χ0v) is 16.4. The van der Waals surface area contributed by atoms with Crippen LogP contribution in [-0.4, -0.2) is 25.5 Å². The van der Waals surface area contributed by atoms with Gasteiger partial charge in [-0.1, -0.05) is 24.9 Å². The largest absolute Gasteiger partial charge is 0.493 e. The molecule has 2 aromatic rings. The number of benzene rings is 2. The SMILES string of the molecule is CCCCOc1ccc(C(=O)Nc2cc(NC(C)=O)ccc2Cl)cc1OC. The lowest BCUT2D eigenvalue weighted by molar-refractivity contribution is -0.114. The third-order valence-electron chi connectivity index (χ3n) is 3.72. The van der Waals surface area contributed by atoms with Crippen molar-refractivity contribution in [2.24, 2.45) is 0 Å². The number of rotatable bonds is 8. The molecule has 0 fully saturated rings. The van der Waals surface area contributed by atoms with Crippen LogP contribution >= 0.6 is 11.6 Å². The van der Waals surface area contributed by atoms with E-state index >= 15 is 0 Å². The maximum atomic E-state index is 12.6. The Morgan fingerprint density at radius 3 is 2.52 bits per heavy atom. The number of halogens is 1. The van der Waals surface area contributed by atoms with Crippen LogP contribution in [0.4, 0.5) is 11.4 Å². The Morgan fingerprint density at radius 2 is 1.85 bits per heavy atom. The van der Waals surface area contributed by atoms with Gasteiger partial charge in [0.25, 0.3) is 5.91 Å². The first-order chi connectivity index (χ1) is 12.9. The van der Waals surface area contributed by atoms with Crippen molar-refractivity contribution in [3.05, 3.63) is 47.0 Å². The summed E-state index contributed by atoms with van der Waals surface area (Å²) in [4.78, 5) is 23.8. The highest BCUT2D eigenvalue weighted by Crippen LogP contribution is 2.30. The van der Waals surface area contributed by atoms with Gasteiger partial charge in [-0.15, -0.1) is 0 Å². The summed E-state index contributed by atoms with van der Waals surface area (Å²) in [5.41, 5.74) is 1.34. The number of carbonyl (C=O) groups excluding carboxylic acids is 2. The normalized spacial score (nSPS) is 10.2. The van der Waals surface area contributed by atoms with E-state index in [0.29, 0.717) is 40.1 Å². The molecule has 0 bridgehead atoms. The van der Waals surface area contributed by atoms with Crippen molar-refractivity contribution in [1.82, 2.24) is 0 Å². The van der Waals surface area contributed by atoms with E-state index in [9.17, 15) is 9.59 Å². The molecule has 0 aliphatic heterocycles. The van der Waals surface area contributed by atoms with Crippen LogP contribution in [0.5, 0.6) is 11.5 Å². The van der Waals surface area contributed by atoms with Crippen LogP contribution in [0.2, 0.25) is 5.02 Å². The second-order valence-corrected chi connectivity index (χ2v) is 6.30. The number of hydrogen-bond acceptors (Lipinski definition) is 4. The van der Waals surface area contributed by atoms with E-state index in [1.165, 1.54) is 14.0 Å². The third-order valence-corrected chi connectivity index (χ3v) is 4.05. The first-order valence-corrected chi connectivity index (χ1v) is 9.01. The molecule has 0 heterocycles. The lowest BCUT2D eigenvalue weighted by Gasteiger charge is -2.13. The topological polar surface area (TPSA) is 76.7 Å². The van der Waals surface area contributed by atoms with Crippen LogP contribution < -0.4 is 20.1 Å². The van der Waals surface area contributed by atoms with Crippen LogP contribution in [0.25, 0.3) is 0 Å². The van der Waals surface area contributed by atoms with Gasteiger partial charge in [0.2, 0.25) is 5.91 Å². The Kier molecular flexibility index (Phi) is 7.49. The number of nitrogens with one attached hydrogen (secondary N) is 2. The lowest BCUT2D eigenvalue weighted by atomic mass is 10.1. The Labute approximate surface area is 163 Å². The molecule has 27 heavy (non-hydrogen) atoms. The van der Waals surface area contributed by atoms with Gasteiger partial charge in [-0.05, 0) is 42.8 Å². The maximum Gasteiger partial charge on any atom is 0.255 e. The zero-order chi connectivity index (χ0) is 19.8. The van der Waals surface area contributed by atoms with Crippen LogP contribution in [0.15, 0.2) is 36.4 Å². The molecule has 2 amide bonds. The Balaban J connectivity index is 2.17. The van der Waals surface area contributed by atoms with Crippen molar-refractivity contribution in [2.75, 3.05) is 24.4 Å². The second kappa shape index (κ2) is 9.83. The maximum absolute atomic E-state index is 12.6. The van der Waals surface area contributed by atoms with Crippen molar-refractivity contribution < 1.29 is 19.1 Å². The molecule has 0 aliphatic rings. The van der Waals surface area contributed by atoms with Crippen LogP contribution in [0, 0.1) is 0 Å². The van der Waals surface area contributed by atoms with Crippen molar-refractivity contribution in [3.63, 3.8) is 0 Å². The monoisotopic (exact) mass is 390 g/mol. The molecule has 2 N–H and O–H groups in total. The van der Waals surface area contributed by atoms with E-state index in [4.69, 9.17) is 21.1 Å². The van der Waals surface area contributed by atoms with E-state index in [1.807, 2.05) is 0 Å². The van der Waals surface area contributed by atoms with Gasteiger partial charge in [-0.3, -0.25) is 9.59 Å². The van der Waals surface area contributed by atoms with Gasteiger partial charge < -0.3 is 20.1 Å². The molecule has 0 unspecified atom stereocenters. The summed E-state index contributed by atoms with van der Waals surface area (Å²) in [7, 11) is 1.53. The Bertz CT molecular complexity index is 824. The first-order valence-electron chi connectivity index (χ1n) is 8.64. The van der Waals surface area contributed by atoms with Gasteiger partial charge in [0, 0.05) is 18.2 Å². The van der Waals surface area contributed by atoms with E-state index in [2.05, 4.69) is 17.6 Å². The Hall–Kier alpha value is -2.73. The van der Waals surface area contributed by atoms with Crippen LogP contribution in [0.1, 0.15) is 37.0 Å². The average molecular weight is 391 g/mol. The fourth-order valence-electron chi connectivity index (χ4n) is 2.35. The van der Waals surface area contributed by atoms with Crippen molar-refractivity contribution in [2.45, 2.75) is 26.7 Å². The van der Waals surface area contributed by atoms with Crippen molar-refractivity contribution in [1.29, 1.82) is 0 Å². The van der Waals surface area contributed by atoms with E-state index in [1.54, 1.807) is 36.4 Å². The molecular weight excluding hydrogens is 368 g/mol.